The largest absolute Gasteiger partial charge is 0.491 e. The fourth-order valence-corrected chi connectivity index (χ4v) is 4.91. The van der Waals surface area contributed by atoms with E-state index in [1.54, 1.807) is 17.0 Å². The maximum Gasteiger partial charge on any atom is 0.418 e. The smallest absolute Gasteiger partial charge is 0.418 e. The number of aromatic amines is 1. The van der Waals surface area contributed by atoms with Crippen LogP contribution >= 0.6 is 0 Å². The van der Waals surface area contributed by atoms with Gasteiger partial charge in [0.25, 0.3) is 5.91 Å². The molecule has 2 fully saturated rings. The van der Waals surface area contributed by atoms with Crippen molar-refractivity contribution in [1.29, 1.82) is 0 Å². The van der Waals surface area contributed by atoms with Gasteiger partial charge in [-0.25, -0.2) is 0 Å². The number of anilines is 3. The molecule has 1 amide bonds. The van der Waals surface area contributed by atoms with Gasteiger partial charge in [-0.2, -0.15) is 23.1 Å². The molecule has 1 atom stereocenters. The Bertz CT molecular complexity index is 1330. The van der Waals surface area contributed by atoms with Crippen LogP contribution in [0, 0.1) is 0 Å². The Hall–Kier alpha value is -3.58. The minimum absolute atomic E-state index is 0.0444. The molecule has 3 N–H and O–H groups in total. The molecule has 2 saturated heterocycles. The van der Waals surface area contributed by atoms with Crippen LogP contribution < -0.4 is 15.4 Å². The number of fused-ring (bicyclic) bond motifs is 2. The fourth-order valence-electron chi connectivity index (χ4n) is 4.91. The number of rotatable bonds is 5. The molecular formula is C24H25F3N6O4. The van der Waals surface area contributed by atoms with Gasteiger partial charge in [-0.1, -0.05) is 0 Å². The molecule has 2 aromatic heterocycles. The second-order valence-corrected chi connectivity index (χ2v) is 9.12. The lowest BCUT2D eigenvalue weighted by Gasteiger charge is -2.27. The van der Waals surface area contributed by atoms with Gasteiger partial charge in [0.05, 0.1) is 49.1 Å². The van der Waals surface area contributed by atoms with Crippen LogP contribution in [0.5, 0.6) is 5.75 Å². The first kappa shape index (κ1) is 23.8. The average Bonchev–Trinajstić information content (AvgIpc) is 3.65. The number of aromatic nitrogens is 3. The molecule has 6 rings (SSSR count). The first-order valence-corrected chi connectivity index (χ1v) is 12.1. The summed E-state index contributed by atoms with van der Waals surface area (Å²) >= 11 is 0. The third kappa shape index (κ3) is 4.53. The van der Waals surface area contributed by atoms with Gasteiger partial charge in [-0.15, -0.1) is 0 Å². The number of alkyl halides is 3. The molecular weight excluding hydrogens is 493 g/mol. The van der Waals surface area contributed by atoms with Crippen LogP contribution in [0.1, 0.15) is 27.9 Å². The molecule has 0 saturated carbocycles. The van der Waals surface area contributed by atoms with Crippen LogP contribution in [0.4, 0.5) is 30.6 Å². The fraction of sp³-hybridized carbons (Fsp3) is 0.458. The van der Waals surface area contributed by atoms with E-state index in [2.05, 4.69) is 25.6 Å². The molecule has 3 aliphatic rings. The Morgan fingerprint density at radius 1 is 1.11 bits per heavy atom. The zero-order valence-electron chi connectivity index (χ0n) is 19.8. The molecule has 0 unspecified atom stereocenters. The minimum atomic E-state index is -4.57. The van der Waals surface area contributed by atoms with Crippen LogP contribution in [-0.2, 0) is 22.1 Å². The van der Waals surface area contributed by atoms with E-state index in [1.165, 1.54) is 0 Å². The highest BCUT2D eigenvalue weighted by atomic mass is 19.4. The Morgan fingerprint density at radius 3 is 2.70 bits per heavy atom. The summed E-state index contributed by atoms with van der Waals surface area (Å²) in [6.07, 6.45) is -2.46. The van der Waals surface area contributed by atoms with Crippen LogP contribution in [0.25, 0.3) is 11.0 Å². The van der Waals surface area contributed by atoms with E-state index in [0.29, 0.717) is 76.0 Å². The molecule has 13 heteroatoms. The van der Waals surface area contributed by atoms with E-state index >= 15 is 0 Å². The molecule has 0 radical (unpaired) electrons. The summed E-state index contributed by atoms with van der Waals surface area (Å²) in [5.41, 5.74) is 1.08. The summed E-state index contributed by atoms with van der Waals surface area (Å²) in [5.74, 6) is 0.595. The first-order chi connectivity index (χ1) is 17.9. The zero-order valence-corrected chi connectivity index (χ0v) is 19.8. The summed E-state index contributed by atoms with van der Waals surface area (Å²) in [7, 11) is 0. The highest BCUT2D eigenvalue weighted by Crippen LogP contribution is 2.40. The van der Waals surface area contributed by atoms with Gasteiger partial charge in [-0.3, -0.25) is 4.79 Å². The Balaban J connectivity index is 1.35. The van der Waals surface area contributed by atoms with E-state index < -0.39 is 11.7 Å². The topological polar surface area (TPSA) is 114 Å². The first-order valence-electron chi connectivity index (χ1n) is 12.1. The van der Waals surface area contributed by atoms with Gasteiger partial charge in [0.15, 0.2) is 0 Å². The monoisotopic (exact) mass is 518 g/mol. The third-order valence-corrected chi connectivity index (χ3v) is 6.74. The SMILES string of the molecule is O=C(c1ccc(Nc2nc(N[C@H]3CCOC3)c3c(C(F)(F)F)c[nH]c3n2)c2c1CCO2)N1CCOCC1. The molecule has 0 aliphatic carbocycles. The summed E-state index contributed by atoms with van der Waals surface area (Å²) in [6, 6.07) is 3.27. The Labute approximate surface area is 209 Å². The van der Waals surface area contributed by atoms with E-state index in [0.717, 1.165) is 11.8 Å². The number of ether oxygens (including phenoxy) is 3. The number of hydrogen-bond acceptors (Lipinski definition) is 8. The maximum absolute atomic E-state index is 13.7. The molecule has 3 aliphatic heterocycles. The molecule has 0 bridgehead atoms. The Kier molecular flexibility index (Phi) is 6.03. The number of carbonyl (C=O) groups is 1. The standard InChI is InChI=1S/C24H25F3N6O4/c25-24(26,27)16-11-28-20-18(16)21(29-13-3-7-36-12-13)32-23(31-20)30-17-2-1-15(14-4-8-37-19(14)17)22(34)33-5-9-35-10-6-33/h1-2,11,13H,3-10,12H2,(H3,28,29,30,31,32)/t13-/m0/s1. The highest BCUT2D eigenvalue weighted by molar-refractivity contribution is 5.98. The van der Waals surface area contributed by atoms with Crippen molar-refractivity contribution in [2.24, 2.45) is 0 Å². The zero-order chi connectivity index (χ0) is 25.6. The van der Waals surface area contributed by atoms with Gasteiger partial charge < -0.3 is 34.7 Å². The number of amides is 1. The summed E-state index contributed by atoms with van der Waals surface area (Å²) in [4.78, 5) is 26.2. The van der Waals surface area contributed by atoms with Gasteiger partial charge >= 0.3 is 6.18 Å². The second-order valence-electron chi connectivity index (χ2n) is 9.12. The number of H-pyrrole nitrogens is 1. The summed E-state index contributed by atoms with van der Waals surface area (Å²) in [5, 5.41) is 6.06. The van der Waals surface area contributed by atoms with E-state index in [9.17, 15) is 18.0 Å². The van der Waals surface area contributed by atoms with Crippen molar-refractivity contribution < 1.29 is 32.2 Å². The van der Waals surface area contributed by atoms with E-state index in [1.807, 2.05) is 0 Å². The molecule has 3 aromatic rings. The molecule has 196 valence electrons. The lowest BCUT2D eigenvalue weighted by Crippen LogP contribution is -2.41. The molecule has 5 heterocycles. The van der Waals surface area contributed by atoms with Crippen molar-refractivity contribution in [1.82, 2.24) is 19.9 Å². The second kappa shape index (κ2) is 9.38. The molecule has 37 heavy (non-hydrogen) atoms. The minimum Gasteiger partial charge on any atom is -0.491 e. The predicted octanol–water partition coefficient (Wildman–Crippen LogP) is 3.33. The normalized spacial score (nSPS) is 19.6. The number of benzene rings is 1. The van der Waals surface area contributed by atoms with Crippen molar-refractivity contribution in [2.45, 2.75) is 25.1 Å². The predicted molar refractivity (Wildman–Crippen MR) is 127 cm³/mol. The third-order valence-electron chi connectivity index (χ3n) is 6.74. The van der Waals surface area contributed by atoms with Crippen LogP contribution in [0.15, 0.2) is 18.3 Å². The van der Waals surface area contributed by atoms with Crippen LogP contribution in [0.3, 0.4) is 0 Å². The number of nitrogens with zero attached hydrogens (tertiary/aromatic N) is 3. The van der Waals surface area contributed by atoms with E-state index in [4.69, 9.17) is 14.2 Å². The highest BCUT2D eigenvalue weighted by Gasteiger charge is 2.36. The van der Waals surface area contributed by atoms with Crippen molar-refractivity contribution in [3.05, 3.63) is 35.0 Å². The summed E-state index contributed by atoms with van der Waals surface area (Å²) in [6.45, 7) is 3.37. The van der Waals surface area contributed by atoms with Crippen molar-refractivity contribution in [2.75, 3.05) is 56.8 Å². The molecule has 10 nitrogen and oxygen atoms in total. The molecule has 0 spiro atoms. The van der Waals surface area contributed by atoms with Crippen LogP contribution in [0.2, 0.25) is 0 Å². The lowest BCUT2D eigenvalue weighted by atomic mass is 10.0. The van der Waals surface area contributed by atoms with Gasteiger partial charge in [0.2, 0.25) is 5.95 Å². The van der Waals surface area contributed by atoms with Crippen molar-refractivity contribution >= 4 is 34.4 Å². The van der Waals surface area contributed by atoms with Gasteiger partial charge in [-0.05, 0) is 18.6 Å². The molecule has 1 aromatic carbocycles. The van der Waals surface area contributed by atoms with Gasteiger partial charge in [0.1, 0.15) is 17.2 Å². The number of carbonyl (C=O) groups excluding carboxylic acids is 1. The number of nitrogens with one attached hydrogen (secondary N) is 3. The number of morpholine rings is 1. The Morgan fingerprint density at radius 2 is 1.95 bits per heavy atom. The lowest BCUT2D eigenvalue weighted by molar-refractivity contribution is -0.136. The summed E-state index contributed by atoms with van der Waals surface area (Å²) < 4.78 is 57.6. The number of hydrogen-bond donors (Lipinski definition) is 3. The average molecular weight is 518 g/mol. The van der Waals surface area contributed by atoms with E-state index in [-0.39, 0.29) is 34.7 Å². The van der Waals surface area contributed by atoms with Gasteiger partial charge in [0, 0.05) is 43.4 Å². The quantitative estimate of drug-likeness (QED) is 0.472. The van der Waals surface area contributed by atoms with Crippen LogP contribution in [-0.4, -0.2) is 77.9 Å². The van der Waals surface area contributed by atoms with Crippen molar-refractivity contribution in [3.63, 3.8) is 0 Å². The maximum atomic E-state index is 13.7. The number of halogens is 3. The van der Waals surface area contributed by atoms with Crippen molar-refractivity contribution in [3.8, 4) is 5.75 Å².